The Labute approximate surface area is 135 Å². The number of hydrogen-bond donors (Lipinski definition) is 0. The van der Waals surface area contributed by atoms with Crippen molar-refractivity contribution in [2.75, 3.05) is 0 Å². The third-order valence-corrected chi connectivity index (χ3v) is 3.42. The Morgan fingerprint density at radius 2 is 1.27 bits per heavy atom. The zero-order valence-corrected chi connectivity index (χ0v) is 12.6. The molecule has 2 aromatic rings. The Bertz CT molecular complexity index is 635. The van der Waals surface area contributed by atoms with Gasteiger partial charge in [-0.1, -0.05) is 35.3 Å². The summed E-state index contributed by atoms with van der Waals surface area (Å²) in [6.07, 6.45) is -0.944. The minimum Gasteiger partial charge on any atom is -0.429 e. The SMILES string of the molecule is O=C(OCc1ccc(F)cc1Cl)OCc1ccc(F)cc1Cl. The summed E-state index contributed by atoms with van der Waals surface area (Å²) in [5.41, 5.74) is 0.889. The van der Waals surface area contributed by atoms with Gasteiger partial charge in [0.1, 0.15) is 24.8 Å². The van der Waals surface area contributed by atoms with Gasteiger partial charge < -0.3 is 9.47 Å². The van der Waals surface area contributed by atoms with Gasteiger partial charge in [0.2, 0.25) is 0 Å². The van der Waals surface area contributed by atoms with E-state index in [0.29, 0.717) is 11.1 Å². The molecule has 0 spiro atoms. The molecule has 0 N–H and O–H groups in total. The molecule has 0 radical (unpaired) electrons. The standard InChI is InChI=1S/C15H10Cl2F2O3/c16-13-5-11(18)3-1-9(13)7-21-15(20)22-8-10-2-4-12(19)6-14(10)17/h1-6H,7-8H2. The van der Waals surface area contributed by atoms with Gasteiger partial charge in [0.25, 0.3) is 0 Å². The Balaban J connectivity index is 1.85. The zero-order chi connectivity index (χ0) is 16.1. The predicted octanol–water partition coefficient (Wildman–Crippen LogP) is 5.13. The average Bonchev–Trinajstić information content (AvgIpc) is 2.45. The maximum atomic E-state index is 12.9. The van der Waals surface area contributed by atoms with Crippen LogP contribution in [0.2, 0.25) is 10.0 Å². The normalized spacial score (nSPS) is 10.4. The van der Waals surface area contributed by atoms with Gasteiger partial charge in [0.15, 0.2) is 0 Å². The fourth-order valence-electron chi connectivity index (χ4n) is 1.59. The highest BCUT2D eigenvalue weighted by atomic mass is 35.5. The molecule has 0 bridgehead atoms. The molecule has 3 nitrogen and oxygen atoms in total. The molecule has 0 saturated heterocycles. The summed E-state index contributed by atoms with van der Waals surface area (Å²) < 4.78 is 35.4. The smallest absolute Gasteiger partial charge is 0.429 e. The van der Waals surface area contributed by atoms with Crippen molar-refractivity contribution < 1.29 is 23.0 Å². The van der Waals surface area contributed by atoms with Gasteiger partial charge >= 0.3 is 6.16 Å². The molecule has 0 unspecified atom stereocenters. The Hall–Kier alpha value is -1.85. The van der Waals surface area contributed by atoms with Crippen molar-refractivity contribution >= 4 is 29.4 Å². The topological polar surface area (TPSA) is 35.5 Å². The van der Waals surface area contributed by atoms with Gasteiger partial charge in [-0.2, -0.15) is 0 Å². The van der Waals surface area contributed by atoms with E-state index in [1.165, 1.54) is 24.3 Å². The van der Waals surface area contributed by atoms with Gasteiger partial charge in [-0.3, -0.25) is 0 Å². The fraction of sp³-hybridized carbons (Fsp3) is 0.133. The lowest BCUT2D eigenvalue weighted by Gasteiger charge is -2.08. The van der Waals surface area contributed by atoms with Crippen LogP contribution in [-0.2, 0) is 22.7 Å². The summed E-state index contributed by atoms with van der Waals surface area (Å²) in [7, 11) is 0. The molecule has 0 fully saturated rings. The maximum Gasteiger partial charge on any atom is 0.508 e. The van der Waals surface area contributed by atoms with Crippen LogP contribution in [0.5, 0.6) is 0 Å². The Kier molecular flexibility index (Phi) is 5.57. The first-order valence-corrected chi connectivity index (χ1v) is 6.88. The Morgan fingerprint density at radius 3 is 1.64 bits per heavy atom. The fourth-order valence-corrected chi connectivity index (χ4v) is 2.04. The van der Waals surface area contributed by atoms with Crippen molar-refractivity contribution in [2.24, 2.45) is 0 Å². The molecule has 0 amide bonds. The van der Waals surface area contributed by atoms with Crippen LogP contribution >= 0.6 is 23.2 Å². The van der Waals surface area contributed by atoms with Gasteiger partial charge in [-0.15, -0.1) is 0 Å². The number of hydrogen-bond acceptors (Lipinski definition) is 3. The molecule has 0 saturated carbocycles. The van der Waals surface area contributed by atoms with Crippen molar-refractivity contribution in [3.8, 4) is 0 Å². The van der Waals surface area contributed by atoms with E-state index >= 15 is 0 Å². The van der Waals surface area contributed by atoms with E-state index in [1.807, 2.05) is 0 Å². The highest BCUT2D eigenvalue weighted by Crippen LogP contribution is 2.20. The highest BCUT2D eigenvalue weighted by Gasteiger charge is 2.10. The molecule has 2 aromatic carbocycles. The first-order chi connectivity index (χ1) is 10.5. The van der Waals surface area contributed by atoms with Crippen LogP contribution in [-0.4, -0.2) is 6.16 Å². The van der Waals surface area contributed by atoms with Crippen molar-refractivity contribution in [1.82, 2.24) is 0 Å². The van der Waals surface area contributed by atoms with E-state index in [-0.39, 0.29) is 23.3 Å². The molecule has 0 aliphatic rings. The van der Waals surface area contributed by atoms with Crippen LogP contribution in [0.15, 0.2) is 36.4 Å². The van der Waals surface area contributed by atoms with Crippen LogP contribution in [0.1, 0.15) is 11.1 Å². The Morgan fingerprint density at radius 1 is 0.864 bits per heavy atom. The first kappa shape index (κ1) is 16.5. The summed E-state index contributed by atoms with van der Waals surface area (Å²) in [6, 6.07) is 7.44. The molecule has 0 aliphatic heterocycles. The second-order valence-electron chi connectivity index (χ2n) is 4.30. The molecule has 116 valence electrons. The van der Waals surface area contributed by atoms with E-state index in [2.05, 4.69) is 0 Å². The molecular weight excluding hydrogens is 337 g/mol. The van der Waals surface area contributed by atoms with Crippen LogP contribution in [0.4, 0.5) is 13.6 Å². The first-order valence-electron chi connectivity index (χ1n) is 6.13. The maximum absolute atomic E-state index is 12.9. The highest BCUT2D eigenvalue weighted by molar-refractivity contribution is 6.31. The summed E-state index contributed by atoms with van der Waals surface area (Å²) in [6.45, 7) is -0.315. The third kappa shape index (κ3) is 4.58. The average molecular weight is 347 g/mol. The quantitative estimate of drug-likeness (QED) is 0.720. The van der Waals surface area contributed by atoms with E-state index < -0.39 is 17.8 Å². The van der Waals surface area contributed by atoms with Crippen molar-refractivity contribution in [1.29, 1.82) is 0 Å². The van der Waals surface area contributed by atoms with Crippen LogP contribution < -0.4 is 0 Å². The molecule has 0 atom stereocenters. The van der Waals surface area contributed by atoms with E-state index in [1.54, 1.807) is 0 Å². The van der Waals surface area contributed by atoms with Crippen LogP contribution in [0.3, 0.4) is 0 Å². The number of ether oxygens (including phenoxy) is 2. The summed E-state index contributed by atoms with van der Waals surface area (Å²) in [5.74, 6) is -0.968. The molecule has 2 rings (SSSR count). The van der Waals surface area contributed by atoms with E-state index in [0.717, 1.165) is 12.1 Å². The summed E-state index contributed by atoms with van der Waals surface area (Å²) in [4.78, 5) is 11.5. The molecular formula is C15H10Cl2F2O3. The molecule has 0 aliphatic carbocycles. The second kappa shape index (κ2) is 7.42. The molecule has 0 heterocycles. The number of benzene rings is 2. The van der Waals surface area contributed by atoms with Gasteiger partial charge in [-0.05, 0) is 24.3 Å². The van der Waals surface area contributed by atoms with Gasteiger partial charge in [-0.25, -0.2) is 13.6 Å². The largest absolute Gasteiger partial charge is 0.508 e. The number of carbonyl (C=O) groups excluding carboxylic acids is 1. The van der Waals surface area contributed by atoms with E-state index in [9.17, 15) is 13.6 Å². The predicted molar refractivity (Wildman–Crippen MR) is 77.8 cm³/mol. The monoisotopic (exact) mass is 346 g/mol. The van der Waals surface area contributed by atoms with Crippen LogP contribution in [0.25, 0.3) is 0 Å². The minimum absolute atomic E-state index is 0.148. The third-order valence-electron chi connectivity index (χ3n) is 2.72. The molecule has 0 aromatic heterocycles. The molecule has 22 heavy (non-hydrogen) atoms. The van der Waals surface area contributed by atoms with Crippen molar-refractivity contribution in [3.63, 3.8) is 0 Å². The second-order valence-corrected chi connectivity index (χ2v) is 5.11. The van der Waals surface area contributed by atoms with Gasteiger partial charge in [0, 0.05) is 11.1 Å². The van der Waals surface area contributed by atoms with E-state index in [4.69, 9.17) is 32.7 Å². The molecule has 7 heteroatoms. The van der Waals surface area contributed by atoms with Crippen molar-refractivity contribution in [3.05, 3.63) is 69.2 Å². The summed E-state index contributed by atoms with van der Waals surface area (Å²) in [5, 5.41) is 0.295. The summed E-state index contributed by atoms with van der Waals surface area (Å²) >= 11 is 11.6. The number of carbonyl (C=O) groups is 1. The number of halogens is 4. The van der Waals surface area contributed by atoms with Crippen molar-refractivity contribution in [2.45, 2.75) is 13.2 Å². The minimum atomic E-state index is -0.944. The van der Waals surface area contributed by atoms with Crippen LogP contribution in [0, 0.1) is 11.6 Å². The number of rotatable bonds is 4. The lowest BCUT2D eigenvalue weighted by atomic mass is 10.2. The zero-order valence-electron chi connectivity index (χ0n) is 11.1. The van der Waals surface area contributed by atoms with Gasteiger partial charge in [0.05, 0.1) is 10.0 Å². The lowest BCUT2D eigenvalue weighted by Crippen LogP contribution is -2.08. The lowest BCUT2D eigenvalue weighted by molar-refractivity contribution is 0.0447.